The Kier molecular flexibility index (Phi) is 3.23. The van der Waals surface area contributed by atoms with Gasteiger partial charge in [0.25, 0.3) is 5.56 Å². The highest BCUT2D eigenvalue weighted by Gasteiger charge is 2.25. The second-order valence-corrected chi connectivity index (χ2v) is 8.14. The first-order valence-corrected chi connectivity index (χ1v) is 9.59. The summed E-state index contributed by atoms with van der Waals surface area (Å²) in [5.74, 6) is 1.20. The van der Waals surface area contributed by atoms with E-state index in [9.17, 15) is 4.79 Å². The molecule has 0 saturated carbocycles. The van der Waals surface area contributed by atoms with Crippen molar-refractivity contribution >= 4 is 39.5 Å². The summed E-state index contributed by atoms with van der Waals surface area (Å²) >= 11 is 7.16. The van der Waals surface area contributed by atoms with Crippen LogP contribution in [0.25, 0.3) is 21.7 Å². The van der Waals surface area contributed by atoms with Crippen LogP contribution in [0.3, 0.4) is 0 Å². The molecule has 126 valence electrons. The minimum Gasteiger partial charge on any atom is -0.268 e. The molecule has 25 heavy (non-hydrogen) atoms. The minimum atomic E-state index is -0.00486. The molecule has 0 bridgehead atoms. The van der Waals surface area contributed by atoms with Gasteiger partial charge in [0.15, 0.2) is 0 Å². The Balaban J connectivity index is 2.00. The van der Waals surface area contributed by atoms with Crippen molar-refractivity contribution in [3.05, 3.63) is 55.9 Å². The average molecular weight is 368 g/mol. The molecule has 0 amide bonds. The largest absolute Gasteiger partial charge is 0.268 e. The molecule has 0 radical (unpaired) electrons. The molecule has 3 heterocycles. The summed E-state index contributed by atoms with van der Waals surface area (Å²) in [5, 5.41) is 8.01. The lowest BCUT2D eigenvalue weighted by molar-refractivity contribution is 0.509. The second-order valence-electron chi connectivity index (χ2n) is 6.67. The van der Waals surface area contributed by atoms with Crippen molar-refractivity contribution in [3.63, 3.8) is 0 Å². The summed E-state index contributed by atoms with van der Waals surface area (Å²) in [7, 11) is 0. The van der Waals surface area contributed by atoms with Gasteiger partial charge < -0.3 is 0 Å². The molecule has 1 aromatic carbocycles. The molecule has 1 aliphatic carbocycles. The summed E-state index contributed by atoms with van der Waals surface area (Å²) in [5.41, 5.74) is 2.00. The quantitative estimate of drug-likeness (QED) is 0.519. The van der Waals surface area contributed by atoms with Gasteiger partial charge in [-0.3, -0.25) is 4.79 Å². The van der Waals surface area contributed by atoms with E-state index in [0.29, 0.717) is 16.5 Å². The van der Waals surface area contributed by atoms with Crippen LogP contribution >= 0.6 is 23.6 Å². The van der Waals surface area contributed by atoms with Crippen molar-refractivity contribution in [1.29, 1.82) is 0 Å². The number of hydrogen-bond acceptors (Lipinski definition) is 4. The van der Waals surface area contributed by atoms with Gasteiger partial charge in [-0.05, 0) is 55.1 Å². The van der Waals surface area contributed by atoms with E-state index in [4.69, 9.17) is 12.2 Å². The lowest BCUT2D eigenvalue weighted by Crippen LogP contribution is -2.22. The zero-order valence-corrected chi connectivity index (χ0v) is 15.3. The van der Waals surface area contributed by atoms with E-state index >= 15 is 0 Å². The summed E-state index contributed by atoms with van der Waals surface area (Å²) in [4.78, 5) is 15.7. The van der Waals surface area contributed by atoms with Crippen molar-refractivity contribution in [1.82, 2.24) is 19.2 Å². The van der Waals surface area contributed by atoms with E-state index in [2.05, 4.69) is 17.1 Å². The molecule has 0 saturated heterocycles. The monoisotopic (exact) mass is 368 g/mol. The van der Waals surface area contributed by atoms with Crippen LogP contribution in [0, 0.1) is 10.7 Å². The number of nitrogens with one attached hydrogen (secondary N) is 1. The fourth-order valence-corrected chi connectivity index (χ4v) is 5.53. The number of aromatic nitrogens is 4. The smallest absolute Gasteiger partial charge is 0.268 e. The molecular formula is C18H16N4OS2. The fraction of sp³-hybridized carbons (Fsp3) is 0.278. The Labute approximate surface area is 152 Å². The van der Waals surface area contributed by atoms with Gasteiger partial charge in [0.05, 0.1) is 11.1 Å². The van der Waals surface area contributed by atoms with Crippen LogP contribution in [0.5, 0.6) is 0 Å². The van der Waals surface area contributed by atoms with Crippen molar-refractivity contribution in [2.45, 2.75) is 26.2 Å². The fourth-order valence-electron chi connectivity index (χ4n) is 3.75. The molecule has 0 aliphatic heterocycles. The maximum Gasteiger partial charge on any atom is 0.268 e. The number of thiophene rings is 1. The molecule has 0 unspecified atom stereocenters. The molecule has 7 heteroatoms. The molecule has 0 fully saturated rings. The van der Waals surface area contributed by atoms with E-state index in [1.165, 1.54) is 10.4 Å². The number of para-hydroxylation sites is 1. The highest BCUT2D eigenvalue weighted by Crippen LogP contribution is 2.37. The van der Waals surface area contributed by atoms with Crippen molar-refractivity contribution in [2.24, 2.45) is 5.92 Å². The number of aryl methyl sites for hydroxylation is 1. The first-order chi connectivity index (χ1) is 12.1. The van der Waals surface area contributed by atoms with Crippen molar-refractivity contribution < 1.29 is 0 Å². The summed E-state index contributed by atoms with van der Waals surface area (Å²) in [6, 6.07) is 9.63. The molecular weight excluding hydrogens is 352 g/mol. The van der Waals surface area contributed by atoms with Crippen LogP contribution in [0.4, 0.5) is 0 Å². The zero-order valence-electron chi connectivity index (χ0n) is 13.7. The van der Waals surface area contributed by atoms with Crippen molar-refractivity contribution in [3.8, 4) is 5.69 Å². The van der Waals surface area contributed by atoms with Crippen LogP contribution in [-0.4, -0.2) is 19.2 Å². The Morgan fingerprint density at radius 3 is 2.92 bits per heavy atom. The average Bonchev–Trinajstić information content (AvgIpc) is 3.16. The highest BCUT2D eigenvalue weighted by atomic mass is 32.1. The SMILES string of the molecule is C[C@@H]1CCc2c(sc3c2c(=O)n(-c2ccccc2)c2n[nH]c(=S)n32)C1. The number of H-pyrrole nitrogens is 1. The van der Waals surface area contributed by atoms with E-state index in [0.717, 1.165) is 35.2 Å². The number of aromatic amines is 1. The molecule has 5 rings (SSSR count). The van der Waals surface area contributed by atoms with Gasteiger partial charge >= 0.3 is 0 Å². The van der Waals surface area contributed by atoms with E-state index in [-0.39, 0.29) is 5.56 Å². The number of rotatable bonds is 1. The Morgan fingerprint density at radius 2 is 2.12 bits per heavy atom. The number of hydrogen-bond donors (Lipinski definition) is 1. The Bertz CT molecular complexity index is 1230. The van der Waals surface area contributed by atoms with E-state index < -0.39 is 0 Å². The van der Waals surface area contributed by atoms with E-state index in [1.54, 1.807) is 15.9 Å². The lowest BCUT2D eigenvalue weighted by Gasteiger charge is -2.17. The highest BCUT2D eigenvalue weighted by molar-refractivity contribution is 7.71. The van der Waals surface area contributed by atoms with Gasteiger partial charge in [-0.25, -0.2) is 14.1 Å². The zero-order chi connectivity index (χ0) is 17.1. The molecule has 1 aliphatic rings. The number of benzene rings is 1. The summed E-state index contributed by atoms with van der Waals surface area (Å²) < 4.78 is 4.10. The van der Waals surface area contributed by atoms with Crippen molar-refractivity contribution in [2.75, 3.05) is 0 Å². The third-order valence-corrected chi connectivity index (χ3v) is 6.50. The Morgan fingerprint density at radius 1 is 1.32 bits per heavy atom. The van der Waals surface area contributed by atoms with Gasteiger partial charge in [0, 0.05) is 4.88 Å². The number of fused-ring (bicyclic) bond motifs is 5. The van der Waals surface area contributed by atoms with Gasteiger partial charge in [-0.15, -0.1) is 16.4 Å². The van der Waals surface area contributed by atoms with Crippen LogP contribution in [0.15, 0.2) is 35.1 Å². The topological polar surface area (TPSA) is 55.1 Å². The summed E-state index contributed by atoms with van der Waals surface area (Å²) in [6.45, 7) is 2.27. The molecule has 3 aromatic heterocycles. The summed E-state index contributed by atoms with van der Waals surface area (Å²) in [6.07, 6.45) is 3.11. The molecule has 5 nitrogen and oxygen atoms in total. The molecule has 0 spiro atoms. The number of nitrogens with zero attached hydrogens (tertiary/aromatic N) is 3. The van der Waals surface area contributed by atoms with Gasteiger partial charge in [0.1, 0.15) is 4.83 Å². The van der Waals surface area contributed by atoms with Crippen LogP contribution in [0.2, 0.25) is 0 Å². The Hall–Kier alpha value is -2.25. The minimum absolute atomic E-state index is 0.00486. The first kappa shape index (κ1) is 15.0. The van der Waals surface area contributed by atoms with Crippen LogP contribution < -0.4 is 5.56 Å². The first-order valence-electron chi connectivity index (χ1n) is 8.37. The van der Waals surface area contributed by atoms with Gasteiger partial charge in [-0.2, -0.15) is 0 Å². The maximum absolute atomic E-state index is 13.4. The third kappa shape index (κ3) is 2.09. The third-order valence-electron chi connectivity index (χ3n) is 4.98. The molecule has 1 atom stereocenters. The molecule has 4 aromatic rings. The normalized spacial score (nSPS) is 17.2. The lowest BCUT2D eigenvalue weighted by atomic mass is 9.89. The molecule has 1 N–H and O–H groups in total. The van der Waals surface area contributed by atoms with E-state index in [1.807, 2.05) is 34.7 Å². The maximum atomic E-state index is 13.4. The standard InChI is InChI=1S/C18H16N4OS2/c1-10-7-8-12-13(9-10)25-16-14(12)15(23)21(11-5-3-2-4-6-11)17-19-20-18(24)22(16)17/h2-6,10H,7-9H2,1H3,(H,20,24)/t10-/m1/s1. The van der Waals surface area contributed by atoms with Gasteiger partial charge in [0.2, 0.25) is 10.5 Å². The predicted molar refractivity (Wildman–Crippen MR) is 103 cm³/mol. The van der Waals surface area contributed by atoms with Crippen LogP contribution in [-0.2, 0) is 12.8 Å². The second kappa shape index (κ2) is 5.37. The van der Waals surface area contributed by atoms with Gasteiger partial charge in [-0.1, -0.05) is 25.1 Å². The predicted octanol–water partition coefficient (Wildman–Crippen LogP) is 3.88. The van der Waals surface area contributed by atoms with Crippen LogP contribution in [0.1, 0.15) is 23.8 Å².